The Bertz CT molecular complexity index is 291. The van der Waals surface area contributed by atoms with Gasteiger partial charge in [0.1, 0.15) is 0 Å². The van der Waals surface area contributed by atoms with E-state index in [1.165, 1.54) is 36.4 Å². The first-order chi connectivity index (χ1) is 6.85. The van der Waals surface area contributed by atoms with E-state index in [0.29, 0.717) is 5.92 Å². The van der Waals surface area contributed by atoms with Crippen LogP contribution in [0.4, 0.5) is 0 Å². The van der Waals surface area contributed by atoms with E-state index in [4.69, 9.17) is 10.7 Å². The molecular formula is C11H18N2S. The fraction of sp³-hybridized carbons (Fsp3) is 0.727. The summed E-state index contributed by atoms with van der Waals surface area (Å²) in [6, 6.07) is 0. The first-order valence-corrected chi connectivity index (χ1v) is 6.38. The lowest BCUT2D eigenvalue weighted by atomic mass is 10.0. The predicted octanol–water partition coefficient (Wildman–Crippen LogP) is 2.86. The summed E-state index contributed by atoms with van der Waals surface area (Å²) in [6.45, 7) is 2.94. The standard InChI is InChI=1S/C11H18N2S/c1-2-3-9(6-12)10-7-14-11(13-10)8-4-5-8/h7-9H,2-6,12H2,1H3. The predicted molar refractivity (Wildman–Crippen MR) is 60.8 cm³/mol. The summed E-state index contributed by atoms with van der Waals surface area (Å²) in [5.74, 6) is 1.28. The molecule has 0 radical (unpaired) electrons. The van der Waals surface area contributed by atoms with Gasteiger partial charge in [0.2, 0.25) is 0 Å². The Hall–Kier alpha value is -0.410. The minimum atomic E-state index is 0.490. The highest BCUT2D eigenvalue weighted by molar-refractivity contribution is 7.09. The van der Waals surface area contributed by atoms with Crippen molar-refractivity contribution in [1.82, 2.24) is 4.98 Å². The van der Waals surface area contributed by atoms with Gasteiger partial charge in [0.05, 0.1) is 10.7 Å². The molecule has 3 heteroatoms. The number of hydrogen-bond acceptors (Lipinski definition) is 3. The molecule has 2 nitrogen and oxygen atoms in total. The molecule has 2 N–H and O–H groups in total. The van der Waals surface area contributed by atoms with Crippen LogP contribution >= 0.6 is 11.3 Å². The second-order valence-electron chi connectivity index (χ2n) is 4.11. The Kier molecular flexibility index (Phi) is 3.19. The van der Waals surface area contributed by atoms with E-state index >= 15 is 0 Å². The van der Waals surface area contributed by atoms with Crippen LogP contribution in [0, 0.1) is 0 Å². The van der Waals surface area contributed by atoms with Crippen molar-refractivity contribution in [2.24, 2.45) is 5.73 Å². The second kappa shape index (κ2) is 4.41. The van der Waals surface area contributed by atoms with E-state index in [9.17, 15) is 0 Å². The molecule has 0 saturated heterocycles. The fourth-order valence-corrected chi connectivity index (χ4v) is 2.81. The number of thiazole rings is 1. The Morgan fingerprint density at radius 3 is 3.00 bits per heavy atom. The molecule has 1 unspecified atom stereocenters. The van der Waals surface area contributed by atoms with Crippen molar-refractivity contribution < 1.29 is 0 Å². The molecule has 1 heterocycles. The average molecular weight is 210 g/mol. The molecule has 1 aliphatic carbocycles. The van der Waals surface area contributed by atoms with Crippen molar-refractivity contribution in [1.29, 1.82) is 0 Å². The van der Waals surface area contributed by atoms with Gasteiger partial charge in [-0.1, -0.05) is 13.3 Å². The average Bonchev–Trinajstić information content (AvgIpc) is 2.94. The van der Waals surface area contributed by atoms with Gasteiger partial charge in [-0.05, 0) is 19.3 Å². The van der Waals surface area contributed by atoms with E-state index < -0.39 is 0 Å². The van der Waals surface area contributed by atoms with Gasteiger partial charge in [-0.2, -0.15) is 0 Å². The van der Waals surface area contributed by atoms with Crippen LogP contribution in [0.25, 0.3) is 0 Å². The van der Waals surface area contributed by atoms with Gasteiger partial charge in [-0.25, -0.2) is 4.98 Å². The lowest BCUT2D eigenvalue weighted by molar-refractivity contribution is 0.608. The molecule has 0 spiro atoms. The van der Waals surface area contributed by atoms with Crippen LogP contribution in [-0.2, 0) is 0 Å². The van der Waals surface area contributed by atoms with Crippen molar-refractivity contribution in [2.75, 3.05) is 6.54 Å². The molecule has 1 saturated carbocycles. The number of aromatic nitrogens is 1. The van der Waals surface area contributed by atoms with E-state index in [-0.39, 0.29) is 0 Å². The summed E-state index contributed by atoms with van der Waals surface area (Å²) in [4.78, 5) is 4.70. The van der Waals surface area contributed by atoms with Gasteiger partial charge >= 0.3 is 0 Å². The Balaban J connectivity index is 2.05. The lowest BCUT2D eigenvalue weighted by Gasteiger charge is -2.09. The van der Waals surface area contributed by atoms with E-state index in [2.05, 4.69) is 12.3 Å². The molecule has 0 aromatic carbocycles. The monoisotopic (exact) mass is 210 g/mol. The summed E-state index contributed by atoms with van der Waals surface area (Å²) in [5, 5.41) is 3.55. The third-order valence-corrected chi connectivity index (χ3v) is 3.83. The normalized spacial score (nSPS) is 18.4. The maximum Gasteiger partial charge on any atom is 0.0959 e. The summed E-state index contributed by atoms with van der Waals surface area (Å²) >= 11 is 1.82. The Labute approximate surface area is 89.5 Å². The third kappa shape index (κ3) is 2.15. The fourth-order valence-electron chi connectivity index (χ4n) is 1.74. The molecule has 0 amide bonds. The molecule has 1 aromatic rings. The molecule has 1 aliphatic rings. The maximum absolute atomic E-state index is 5.76. The van der Waals surface area contributed by atoms with Crippen LogP contribution in [0.1, 0.15) is 55.1 Å². The third-order valence-electron chi connectivity index (χ3n) is 2.81. The molecule has 0 aliphatic heterocycles. The van der Waals surface area contributed by atoms with E-state index in [1.807, 2.05) is 11.3 Å². The highest BCUT2D eigenvalue weighted by Gasteiger charge is 2.27. The second-order valence-corrected chi connectivity index (χ2v) is 5.00. The molecule has 0 bridgehead atoms. The van der Waals surface area contributed by atoms with E-state index in [1.54, 1.807) is 0 Å². The zero-order chi connectivity index (χ0) is 9.97. The van der Waals surface area contributed by atoms with Gasteiger partial charge in [-0.15, -0.1) is 11.3 Å². The molecule has 1 atom stereocenters. The summed E-state index contributed by atoms with van der Waals surface area (Å²) in [7, 11) is 0. The number of hydrogen-bond donors (Lipinski definition) is 1. The maximum atomic E-state index is 5.76. The molecule has 14 heavy (non-hydrogen) atoms. The molecule has 78 valence electrons. The minimum Gasteiger partial charge on any atom is -0.330 e. The first kappa shape index (κ1) is 10.1. The number of nitrogens with two attached hydrogens (primary N) is 1. The van der Waals surface area contributed by atoms with Crippen molar-refractivity contribution >= 4 is 11.3 Å². The summed E-state index contributed by atoms with van der Waals surface area (Å²) in [5.41, 5.74) is 6.99. The number of rotatable bonds is 5. The molecule has 2 rings (SSSR count). The number of nitrogens with zero attached hydrogens (tertiary/aromatic N) is 1. The van der Waals surface area contributed by atoms with Crippen molar-refractivity contribution in [2.45, 2.75) is 44.4 Å². The van der Waals surface area contributed by atoms with Gasteiger partial charge in [0.25, 0.3) is 0 Å². The Morgan fingerprint density at radius 2 is 2.43 bits per heavy atom. The van der Waals surface area contributed by atoms with Crippen LogP contribution < -0.4 is 5.73 Å². The van der Waals surface area contributed by atoms with Crippen molar-refractivity contribution in [3.05, 3.63) is 16.1 Å². The van der Waals surface area contributed by atoms with Crippen LogP contribution in [0.2, 0.25) is 0 Å². The summed E-state index contributed by atoms with van der Waals surface area (Å²) < 4.78 is 0. The SMILES string of the molecule is CCCC(CN)c1csc(C2CC2)n1. The first-order valence-electron chi connectivity index (χ1n) is 5.50. The zero-order valence-corrected chi connectivity index (χ0v) is 9.52. The minimum absolute atomic E-state index is 0.490. The lowest BCUT2D eigenvalue weighted by Crippen LogP contribution is -2.12. The van der Waals surface area contributed by atoms with Gasteiger partial charge in [0.15, 0.2) is 0 Å². The highest BCUT2D eigenvalue weighted by Crippen LogP contribution is 2.42. The zero-order valence-electron chi connectivity index (χ0n) is 8.70. The van der Waals surface area contributed by atoms with Crippen molar-refractivity contribution in [3.63, 3.8) is 0 Å². The van der Waals surface area contributed by atoms with E-state index in [0.717, 1.165) is 12.5 Å². The summed E-state index contributed by atoms with van der Waals surface area (Å²) in [6.07, 6.45) is 5.05. The highest BCUT2D eigenvalue weighted by atomic mass is 32.1. The van der Waals surface area contributed by atoms with Gasteiger partial charge in [0, 0.05) is 23.8 Å². The van der Waals surface area contributed by atoms with Crippen LogP contribution in [0.3, 0.4) is 0 Å². The topological polar surface area (TPSA) is 38.9 Å². The van der Waals surface area contributed by atoms with Crippen LogP contribution in [-0.4, -0.2) is 11.5 Å². The molecular weight excluding hydrogens is 192 g/mol. The van der Waals surface area contributed by atoms with Crippen LogP contribution in [0.15, 0.2) is 5.38 Å². The smallest absolute Gasteiger partial charge is 0.0959 e. The van der Waals surface area contributed by atoms with Gasteiger partial charge in [-0.3, -0.25) is 0 Å². The van der Waals surface area contributed by atoms with Crippen LogP contribution in [0.5, 0.6) is 0 Å². The molecule has 1 fully saturated rings. The van der Waals surface area contributed by atoms with Crippen molar-refractivity contribution in [3.8, 4) is 0 Å². The van der Waals surface area contributed by atoms with Gasteiger partial charge < -0.3 is 5.73 Å². The quantitative estimate of drug-likeness (QED) is 0.811. The Morgan fingerprint density at radius 1 is 1.64 bits per heavy atom. The largest absolute Gasteiger partial charge is 0.330 e. The molecule has 1 aromatic heterocycles.